The zero-order chi connectivity index (χ0) is 11.5. The molecule has 2 aliphatic carbocycles. The summed E-state index contributed by atoms with van der Waals surface area (Å²) in [7, 11) is 0. The van der Waals surface area contributed by atoms with Gasteiger partial charge in [0.05, 0.1) is 5.57 Å². The number of ketones is 1. The number of aliphatic hydroxyl groups excluding tert-OH is 1. The van der Waals surface area contributed by atoms with Crippen molar-refractivity contribution in [2.45, 2.75) is 32.6 Å². The number of Topliss-reactive ketones (excluding diaryl/α,β-unsaturated/α-hetero) is 1. The number of carbonyl (C=O) groups excluding carboxylic acids is 1. The number of hydrogen-bond acceptors (Lipinski definition) is 2. The van der Waals surface area contributed by atoms with Gasteiger partial charge in [0.1, 0.15) is 5.76 Å². The fourth-order valence-corrected chi connectivity index (χ4v) is 2.31. The summed E-state index contributed by atoms with van der Waals surface area (Å²) in [4.78, 5) is 12.2. The molecule has 0 saturated heterocycles. The first-order valence-corrected chi connectivity index (χ1v) is 5.99. The van der Waals surface area contributed by atoms with E-state index in [1.54, 1.807) is 6.08 Å². The Morgan fingerprint density at radius 3 is 2.81 bits per heavy atom. The first-order valence-electron chi connectivity index (χ1n) is 5.99. The topological polar surface area (TPSA) is 37.3 Å². The molecule has 0 radical (unpaired) electrons. The molecule has 2 atom stereocenters. The van der Waals surface area contributed by atoms with Crippen molar-refractivity contribution in [3.8, 4) is 0 Å². The molecule has 2 rings (SSSR count). The molecule has 0 spiro atoms. The molecule has 0 amide bonds. The second-order valence-corrected chi connectivity index (χ2v) is 4.73. The van der Waals surface area contributed by atoms with Gasteiger partial charge >= 0.3 is 0 Å². The van der Waals surface area contributed by atoms with Crippen LogP contribution in [0.4, 0.5) is 0 Å². The summed E-state index contributed by atoms with van der Waals surface area (Å²) in [6.45, 7) is 2.04. The Morgan fingerprint density at radius 1 is 1.38 bits per heavy atom. The van der Waals surface area contributed by atoms with Crippen LogP contribution in [0.15, 0.2) is 35.6 Å². The molecule has 0 bridgehead atoms. The summed E-state index contributed by atoms with van der Waals surface area (Å²) in [5.41, 5.74) is 0.540. The molecule has 2 unspecified atom stereocenters. The molecule has 0 heterocycles. The van der Waals surface area contributed by atoms with Gasteiger partial charge in [0, 0.05) is 5.92 Å². The number of hydrogen-bond donors (Lipinski definition) is 1. The van der Waals surface area contributed by atoms with Crippen LogP contribution >= 0.6 is 0 Å². The Bertz CT molecular complexity index is 374. The van der Waals surface area contributed by atoms with Crippen LogP contribution in [-0.2, 0) is 4.79 Å². The largest absolute Gasteiger partial charge is 0.508 e. The molecule has 16 heavy (non-hydrogen) atoms. The Kier molecular flexibility index (Phi) is 3.28. The van der Waals surface area contributed by atoms with Crippen molar-refractivity contribution in [3.63, 3.8) is 0 Å². The van der Waals surface area contributed by atoms with E-state index in [0.29, 0.717) is 11.5 Å². The second-order valence-electron chi connectivity index (χ2n) is 4.73. The number of aliphatic hydroxyl groups is 1. The highest BCUT2D eigenvalue weighted by Crippen LogP contribution is 2.28. The normalized spacial score (nSPS) is 29.6. The van der Waals surface area contributed by atoms with Gasteiger partial charge in [-0.3, -0.25) is 4.79 Å². The zero-order valence-electron chi connectivity index (χ0n) is 9.65. The molecule has 1 N–H and O–H groups in total. The van der Waals surface area contributed by atoms with Gasteiger partial charge < -0.3 is 5.11 Å². The molecule has 0 saturated carbocycles. The lowest BCUT2D eigenvalue weighted by molar-refractivity contribution is -0.119. The van der Waals surface area contributed by atoms with Crippen LogP contribution in [-0.4, -0.2) is 10.9 Å². The second kappa shape index (κ2) is 4.69. The minimum atomic E-state index is 0.0696. The van der Waals surface area contributed by atoms with Crippen molar-refractivity contribution in [1.29, 1.82) is 0 Å². The molecule has 2 heteroatoms. The van der Waals surface area contributed by atoms with Crippen molar-refractivity contribution >= 4 is 5.78 Å². The van der Waals surface area contributed by atoms with E-state index in [-0.39, 0.29) is 17.5 Å². The van der Waals surface area contributed by atoms with Crippen LogP contribution in [0.5, 0.6) is 0 Å². The van der Waals surface area contributed by atoms with Crippen molar-refractivity contribution in [2.75, 3.05) is 0 Å². The van der Waals surface area contributed by atoms with Gasteiger partial charge in [0.25, 0.3) is 0 Å². The molecule has 0 aromatic carbocycles. The fraction of sp³-hybridized carbons (Fsp3) is 0.500. The van der Waals surface area contributed by atoms with Crippen LogP contribution in [0.25, 0.3) is 0 Å². The summed E-state index contributed by atoms with van der Waals surface area (Å²) in [5.74, 6) is 0.700. The van der Waals surface area contributed by atoms with Crippen LogP contribution in [0, 0.1) is 11.8 Å². The Morgan fingerprint density at radius 2 is 2.19 bits per heavy atom. The average Bonchev–Trinajstić information content (AvgIpc) is 2.29. The number of rotatable bonds is 2. The molecule has 2 nitrogen and oxygen atoms in total. The van der Waals surface area contributed by atoms with Gasteiger partial charge in [-0.1, -0.05) is 25.2 Å². The van der Waals surface area contributed by atoms with E-state index in [0.717, 1.165) is 25.7 Å². The van der Waals surface area contributed by atoms with E-state index in [2.05, 4.69) is 12.2 Å². The minimum Gasteiger partial charge on any atom is -0.508 e. The Balaban J connectivity index is 2.10. The molecular formula is C14H18O2. The highest BCUT2D eigenvalue weighted by Gasteiger charge is 2.25. The highest BCUT2D eigenvalue weighted by atomic mass is 16.3. The maximum Gasteiger partial charge on any atom is 0.169 e. The van der Waals surface area contributed by atoms with Gasteiger partial charge in [-0.15, -0.1) is 0 Å². The lowest BCUT2D eigenvalue weighted by Gasteiger charge is -2.20. The maximum atomic E-state index is 12.2. The van der Waals surface area contributed by atoms with E-state index >= 15 is 0 Å². The smallest absolute Gasteiger partial charge is 0.169 e. The SMILES string of the molecule is CC1C=C(O)C(C(=O)C2CC=CCC2)=CC1. The van der Waals surface area contributed by atoms with Gasteiger partial charge in [-0.25, -0.2) is 0 Å². The molecule has 0 aromatic rings. The van der Waals surface area contributed by atoms with Crippen LogP contribution in [0.1, 0.15) is 32.6 Å². The third-order valence-corrected chi connectivity index (χ3v) is 3.32. The number of allylic oxidation sites excluding steroid dienone is 5. The molecule has 2 aliphatic rings. The summed E-state index contributed by atoms with van der Waals surface area (Å²) >= 11 is 0. The third-order valence-electron chi connectivity index (χ3n) is 3.32. The van der Waals surface area contributed by atoms with Gasteiger partial charge in [-0.05, 0) is 37.7 Å². The van der Waals surface area contributed by atoms with Crippen LogP contribution in [0.2, 0.25) is 0 Å². The summed E-state index contributed by atoms with van der Waals surface area (Å²) in [6, 6.07) is 0. The molecule has 0 aromatic heterocycles. The number of carbonyl (C=O) groups is 1. The standard InChI is InChI=1S/C14H18O2/c1-10-7-8-12(13(15)9-10)14(16)11-5-3-2-4-6-11/h2-3,8-11,15H,4-7H2,1H3. The minimum absolute atomic E-state index is 0.0696. The Hall–Kier alpha value is -1.31. The van der Waals surface area contributed by atoms with E-state index < -0.39 is 0 Å². The molecule has 0 fully saturated rings. The van der Waals surface area contributed by atoms with Crippen molar-refractivity contribution in [1.82, 2.24) is 0 Å². The maximum absolute atomic E-state index is 12.2. The molecule has 0 aliphatic heterocycles. The first kappa shape index (κ1) is 11.2. The lowest BCUT2D eigenvalue weighted by atomic mass is 9.84. The van der Waals surface area contributed by atoms with Crippen molar-refractivity contribution < 1.29 is 9.90 Å². The van der Waals surface area contributed by atoms with E-state index in [4.69, 9.17) is 0 Å². The predicted octanol–water partition coefficient (Wildman–Crippen LogP) is 3.32. The highest BCUT2D eigenvalue weighted by molar-refractivity contribution is 6.00. The third kappa shape index (κ3) is 2.26. The van der Waals surface area contributed by atoms with E-state index in [9.17, 15) is 9.90 Å². The monoisotopic (exact) mass is 218 g/mol. The van der Waals surface area contributed by atoms with Gasteiger partial charge in [-0.2, -0.15) is 0 Å². The van der Waals surface area contributed by atoms with Crippen LogP contribution in [0.3, 0.4) is 0 Å². The van der Waals surface area contributed by atoms with Gasteiger partial charge in [0.15, 0.2) is 5.78 Å². The van der Waals surface area contributed by atoms with Gasteiger partial charge in [0.2, 0.25) is 0 Å². The quantitative estimate of drug-likeness (QED) is 0.722. The molecular weight excluding hydrogens is 200 g/mol. The molecule has 86 valence electrons. The predicted molar refractivity (Wildman–Crippen MR) is 64.1 cm³/mol. The van der Waals surface area contributed by atoms with Crippen molar-refractivity contribution in [2.24, 2.45) is 11.8 Å². The van der Waals surface area contributed by atoms with E-state index in [1.807, 2.05) is 13.0 Å². The fourth-order valence-electron chi connectivity index (χ4n) is 2.31. The van der Waals surface area contributed by atoms with E-state index in [1.165, 1.54) is 0 Å². The summed E-state index contributed by atoms with van der Waals surface area (Å²) < 4.78 is 0. The summed E-state index contributed by atoms with van der Waals surface area (Å²) in [5, 5.41) is 9.79. The lowest BCUT2D eigenvalue weighted by Crippen LogP contribution is -2.20. The van der Waals surface area contributed by atoms with Crippen LogP contribution < -0.4 is 0 Å². The Labute approximate surface area is 96.4 Å². The van der Waals surface area contributed by atoms with Crippen molar-refractivity contribution in [3.05, 3.63) is 35.6 Å². The zero-order valence-corrected chi connectivity index (χ0v) is 9.65. The average molecular weight is 218 g/mol. The summed E-state index contributed by atoms with van der Waals surface area (Å²) in [6.07, 6.45) is 11.4. The first-order chi connectivity index (χ1) is 7.68.